The van der Waals surface area contributed by atoms with Crippen LogP contribution in [0.25, 0.3) is 11.0 Å². The Morgan fingerprint density at radius 2 is 2.17 bits per heavy atom. The van der Waals surface area contributed by atoms with E-state index in [0.717, 1.165) is 17.5 Å². The standard InChI is InChI=1S/C13H18N4O/c1-3-8-15-12(18)9-17-11-7-5-4-6-10(11)16-13(17)14-2/h4-7H,3,8-9H2,1-2H3,(H,14,16)(H,15,18). The molecule has 1 amide bonds. The van der Waals surface area contributed by atoms with Gasteiger partial charge in [-0.2, -0.15) is 0 Å². The normalized spacial score (nSPS) is 10.6. The fraction of sp³-hybridized carbons (Fsp3) is 0.385. The van der Waals surface area contributed by atoms with Crippen molar-refractivity contribution < 1.29 is 4.79 Å². The largest absolute Gasteiger partial charge is 0.359 e. The van der Waals surface area contributed by atoms with Gasteiger partial charge in [-0.3, -0.25) is 4.79 Å². The highest BCUT2D eigenvalue weighted by molar-refractivity contribution is 5.83. The second-order valence-corrected chi connectivity index (χ2v) is 4.11. The molecule has 2 aromatic rings. The molecule has 1 aromatic carbocycles. The van der Waals surface area contributed by atoms with Crippen LogP contribution >= 0.6 is 0 Å². The highest BCUT2D eigenvalue weighted by Gasteiger charge is 2.11. The molecule has 0 saturated carbocycles. The zero-order valence-corrected chi connectivity index (χ0v) is 10.7. The Kier molecular flexibility index (Phi) is 3.82. The monoisotopic (exact) mass is 246 g/mol. The Bertz CT molecular complexity index is 547. The maximum Gasteiger partial charge on any atom is 0.240 e. The number of para-hydroxylation sites is 2. The minimum Gasteiger partial charge on any atom is -0.359 e. The molecule has 18 heavy (non-hydrogen) atoms. The van der Waals surface area contributed by atoms with Gasteiger partial charge in [-0.1, -0.05) is 19.1 Å². The molecule has 5 nitrogen and oxygen atoms in total. The highest BCUT2D eigenvalue weighted by Crippen LogP contribution is 2.18. The van der Waals surface area contributed by atoms with E-state index in [1.54, 1.807) is 0 Å². The number of rotatable bonds is 5. The SMILES string of the molecule is CCCNC(=O)Cn1c(NC)nc2ccccc21. The van der Waals surface area contributed by atoms with Crippen LogP contribution in [-0.2, 0) is 11.3 Å². The molecule has 0 bridgehead atoms. The van der Waals surface area contributed by atoms with Crippen molar-refractivity contribution >= 4 is 22.9 Å². The lowest BCUT2D eigenvalue weighted by molar-refractivity contribution is -0.121. The number of hydrogen-bond donors (Lipinski definition) is 2. The first-order valence-electron chi connectivity index (χ1n) is 6.16. The molecule has 0 saturated heterocycles. The van der Waals surface area contributed by atoms with E-state index in [1.165, 1.54) is 0 Å². The van der Waals surface area contributed by atoms with Gasteiger partial charge in [0.25, 0.3) is 0 Å². The van der Waals surface area contributed by atoms with Gasteiger partial charge in [0.2, 0.25) is 11.9 Å². The van der Waals surface area contributed by atoms with E-state index in [4.69, 9.17) is 0 Å². The van der Waals surface area contributed by atoms with Crippen LogP contribution in [0, 0.1) is 0 Å². The number of imidazole rings is 1. The first kappa shape index (κ1) is 12.4. The number of amides is 1. The lowest BCUT2D eigenvalue weighted by Gasteiger charge is -2.08. The minimum atomic E-state index is 0.0107. The molecule has 0 aliphatic heterocycles. The number of benzene rings is 1. The predicted molar refractivity (Wildman–Crippen MR) is 72.6 cm³/mol. The first-order chi connectivity index (χ1) is 8.76. The van der Waals surface area contributed by atoms with Crippen molar-refractivity contribution in [3.05, 3.63) is 24.3 Å². The predicted octanol–water partition coefficient (Wildman–Crippen LogP) is 1.60. The number of carbonyl (C=O) groups excluding carboxylic acids is 1. The Morgan fingerprint density at radius 3 is 2.89 bits per heavy atom. The number of carbonyl (C=O) groups is 1. The molecule has 2 rings (SSSR count). The second-order valence-electron chi connectivity index (χ2n) is 4.11. The van der Waals surface area contributed by atoms with E-state index in [-0.39, 0.29) is 12.5 Å². The van der Waals surface area contributed by atoms with Gasteiger partial charge in [0, 0.05) is 13.6 Å². The fourth-order valence-corrected chi connectivity index (χ4v) is 1.89. The second kappa shape index (κ2) is 5.53. The Labute approximate surface area is 106 Å². The lowest BCUT2D eigenvalue weighted by atomic mass is 10.3. The molecule has 0 aliphatic carbocycles. The summed E-state index contributed by atoms with van der Waals surface area (Å²) in [6.45, 7) is 3.03. The molecule has 1 heterocycles. The van der Waals surface area contributed by atoms with Gasteiger partial charge in [-0.15, -0.1) is 0 Å². The maximum absolute atomic E-state index is 11.8. The van der Waals surface area contributed by atoms with Crippen LogP contribution in [0.2, 0.25) is 0 Å². The topological polar surface area (TPSA) is 59.0 Å². The first-order valence-corrected chi connectivity index (χ1v) is 6.16. The van der Waals surface area contributed by atoms with E-state index in [1.807, 2.05) is 42.8 Å². The maximum atomic E-state index is 11.8. The molecule has 0 unspecified atom stereocenters. The van der Waals surface area contributed by atoms with E-state index >= 15 is 0 Å². The quantitative estimate of drug-likeness (QED) is 0.842. The number of nitrogens with one attached hydrogen (secondary N) is 2. The van der Waals surface area contributed by atoms with E-state index in [9.17, 15) is 4.79 Å². The summed E-state index contributed by atoms with van der Waals surface area (Å²) in [5.41, 5.74) is 1.86. The van der Waals surface area contributed by atoms with Crippen molar-refractivity contribution in [3.8, 4) is 0 Å². The molecular formula is C13H18N4O. The summed E-state index contributed by atoms with van der Waals surface area (Å²) in [4.78, 5) is 16.2. The molecular weight excluding hydrogens is 228 g/mol. The molecule has 2 N–H and O–H groups in total. The summed E-state index contributed by atoms with van der Waals surface area (Å²) in [6.07, 6.45) is 0.940. The average Bonchev–Trinajstić information content (AvgIpc) is 2.75. The summed E-state index contributed by atoms with van der Waals surface area (Å²) < 4.78 is 1.89. The Morgan fingerprint density at radius 1 is 1.39 bits per heavy atom. The average molecular weight is 246 g/mol. The van der Waals surface area contributed by atoms with Crippen molar-refractivity contribution in [1.29, 1.82) is 0 Å². The van der Waals surface area contributed by atoms with Gasteiger partial charge in [0.15, 0.2) is 0 Å². The van der Waals surface area contributed by atoms with Crippen LogP contribution < -0.4 is 10.6 Å². The molecule has 0 fully saturated rings. The van der Waals surface area contributed by atoms with Crippen LogP contribution in [0.5, 0.6) is 0 Å². The summed E-state index contributed by atoms with van der Waals surface area (Å²) in [5, 5.41) is 5.89. The Balaban J connectivity index is 2.28. The fourth-order valence-electron chi connectivity index (χ4n) is 1.89. The summed E-state index contributed by atoms with van der Waals surface area (Å²) in [7, 11) is 1.81. The zero-order chi connectivity index (χ0) is 13.0. The lowest BCUT2D eigenvalue weighted by Crippen LogP contribution is -2.28. The van der Waals surface area contributed by atoms with Crippen molar-refractivity contribution in [1.82, 2.24) is 14.9 Å². The third kappa shape index (κ3) is 2.45. The van der Waals surface area contributed by atoms with Crippen molar-refractivity contribution in [3.63, 3.8) is 0 Å². The van der Waals surface area contributed by atoms with Crippen molar-refractivity contribution in [2.45, 2.75) is 19.9 Å². The van der Waals surface area contributed by atoms with Gasteiger partial charge in [0.1, 0.15) is 6.54 Å². The molecule has 96 valence electrons. The van der Waals surface area contributed by atoms with Gasteiger partial charge in [0.05, 0.1) is 11.0 Å². The third-order valence-electron chi connectivity index (χ3n) is 2.75. The zero-order valence-electron chi connectivity index (χ0n) is 10.7. The van der Waals surface area contributed by atoms with E-state index in [0.29, 0.717) is 12.5 Å². The number of anilines is 1. The molecule has 5 heteroatoms. The number of hydrogen-bond acceptors (Lipinski definition) is 3. The van der Waals surface area contributed by atoms with Crippen LogP contribution in [0.15, 0.2) is 24.3 Å². The van der Waals surface area contributed by atoms with Crippen LogP contribution in [0.3, 0.4) is 0 Å². The summed E-state index contributed by atoms with van der Waals surface area (Å²) in [5.74, 6) is 0.722. The van der Waals surface area contributed by atoms with Crippen molar-refractivity contribution in [2.75, 3.05) is 18.9 Å². The van der Waals surface area contributed by atoms with Crippen molar-refractivity contribution in [2.24, 2.45) is 0 Å². The summed E-state index contributed by atoms with van der Waals surface area (Å²) in [6, 6.07) is 7.80. The number of nitrogens with zero attached hydrogens (tertiary/aromatic N) is 2. The van der Waals surface area contributed by atoms with Gasteiger partial charge >= 0.3 is 0 Å². The van der Waals surface area contributed by atoms with E-state index < -0.39 is 0 Å². The highest BCUT2D eigenvalue weighted by atomic mass is 16.1. The van der Waals surface area contributed by atoms with Gasteiger partial charge < -0.3 is 15.2 Å². The molecule has 0 radical (unpaired) electrons. The van der Waals surface area contributed by atoms with Gasteiger partial charge in [-0.05, 0) is 18.6 Å². The molecule has 0 spiro atoms. The van der Waals surface area contributed by atoms with E-state index in [2.05, 4.69) is 15.6 Å². The smallest absolute Gasteiger partial charge is 0.240 e. The van der Waals surface area contributed by atoms with Crippen LogP contribution in [0.1, 0.15) is 13.3 Å². The molecule has 1 aromatic heterocycles. The van der Waals surface area contributed by atoms with Crippen LogP contribution in [-0.4, -0.2) is 29.1 Å². The third-order valence-corrected chi connectivity index (χ3v) is 2.75. The molecule has 0 aliphatic rings. The number of aromatic nitrogens is 2. The minimum absolute atomic E-state index is 0.0107. The number of fused-ring (bicyclic) bond motifs is 1. The van der Waals surface area contributed by atoms with Gasteiger partial charge in [-0.25, -0.2) is 4.98 Å². The van der Waals surface area contributed by atoms with Crippen LogP contribution in [0.4, 0.5) is 5.95 Å². The summed E-state index contributed by atoms with van der Waals surface area (Å²) >= 11 is 0. The Hall–Kier alpha value is -2.04. The molecule has 0 atom stereocenters.